The lowest BCUT2D eigenvalue weighted by Gasteiger charge is -2.18. The van der Waals surface area contributed by atoms with Crippen LogP contribution in [0.15, 0.2) is 22.6 Å². The molecule has 7 heteroatoms. The lowest BCUT2D eigenvalue weighted by Crippen LogP contribution is -2.27. The molecule has 0 aliphatic heterocycles. The van der Waals surface area contributed by atoms with Gasteiger partial charge in [-0.15, -0.1) is 0 Å². The standard InChI is InChI=1S/C12H14BN2O4/c1-12(2,3)19-11(16)15-10-14-8-6-7(13-17)4-5-9(8)18-10/h4-6,17H,1-3H3,(H,14,15,16). The second-order valence-electron chi connectivity index (χ2n) is 5.00. The van der Waals surface area contributed by atoms with Crippen molar-refractivity contribution >= 4 is 36.2 Å². The van der Waals surface area contributed by atoms with Gasteiger partial charge in [-0.05, 0) is 32.9 Å². The van der Waals surface area contributed by atoms with Crippen molar-refractivity contribution in [1.29, 1.82) is 0 Å². The molecule has 99 valence electrons. The number of anilines is 1. The topological polar surface area (TPSA) is 84.6 Å². The first-order valence-corrected chi connectivity index (χ1v) is 5.75. The Morgan fingerprint density at radius 3 is 2.84 bits per heavy atom. The number of amides is 1. The molecule has 2 aromatic rings. The van der Waals surface area contributed by atoms with Gasteiger partial charge in [0.15, 0.2) is 5.58 Å². The summed E-state index contributed by atoms with van der Waals surface area (Å²) in [4.78, 5) is 15.6. The van der Waals surface area contributed by atoms with Gasteiger partial charge >= 0.3 is 19.6 Å². The van der Waals surface area contributed by atoms with E-state index in [1.54, 1.807) is 39.0 Å². The van der Waals surface area contributed by atoms with Crippen molar-refractivity contribution in [3.8, 4) is 0 Å². The van der Waals surface area contributed by atoms with Crippen molar-refractivity contribution in [2.45, 2.75) is 26.4 Å². The molecule has 1 amide bonds. The Balaban J connectivity index is 2.15. The third-order valence-electron chi connectivity index (χ3n) is 2.17. The molecule has 0 fully saturated rings. The molecule has 19 heavy (non-hydrogen) atoms. The summed E-state index contributed by atoms with van der Waals surface area (Å²) in [5.74, 6) is 0. The van der Waals surface area contributed by atoms with Crippen LogP contribution in [0.2, 0.25) is 0 Å². The molecule has 1 aromatic carbocycles. The van der Waals surface area contributed by atoms with E-state index in [1.165, 1.54) is 0 Å². The molecule has 0 spiro atoms. The molecule has 0 bridgehead atoms. The van der Waals surface area contributed by atoms with Crippen LogP contribution < -0.4 is 10.8 Å². The molecule has 1 aromatic heterocycles. The van der Waals surface area contributed by atoms with Crippen molar-refractivity contribution in [2.75, 3.05) is 5.32 Å². The molecule has 0 aliphatic rings. The minimum Gasteiger partial charge on any atom is -0.450 e. The SMILES string of the molecule is CC(C)(C)OC(=O)Nc1nc2cc([B]O)ccc2o1. The quantitative estimate of drug-likeness (QED) is 0.798. The minimum atomic E-state index is -0.631. The van der Waals surface area contributed by atoms with Crippen LogP contribution in [0.3, 0.4) is 0 Å². The highest BCUT2D eigenvalue weighted by Crippen LogP contribution is 2.18. The first-order valence-electron chi connectivity index (χ1n) is 5.75. The number of carbonyl (C=O) groups excluding carboxylic acids is 1. The number of rotatable bonds is 2. The molecule has 2 N–H and O–H groups in total. The van der Waals surface area contributed by atoms with Gasteiger partial charge in [-0.25, -0.2) is 10.1 Å². The summed E-state index contributed by atoms with van der Waals surface area (Å²) in [5, 5.41) is 11.3. The number of nitrogens with one attached hydrogen (secondary N) is 1. The monoisotopic (exact) mass is 261 g/mol. The van der Waals surface area contributed by atoms with E-state index >= 15 is 0 Å². The molecule has 2 rings (SSSR count). The van der Waals surface area contributed by atoms with Gasteiger partial charge in [0.2, 0.25) is 0 Å². The number of hydrogen-bond donors (Lipinski definition) is 2. The van der Waals surface area contributed by atoms with Gasteiger partial charge in [-0.1, -0.05) is 11.5 Å². The number of benzene rings is 1. The zero-order valence-corrected chi connectivity index (χ0v) is 10.9. The van der Waals surface area contributed by atoms with E-state index in [4.69, 9.17) is 14.2 Å². The third-order valence-corrected chi connectivity index (χ3v) is 2.17. The van der Waals surface area contributed by atoms with Crippen molar-refractivity contribution in [3.05, 3.63) is 18.2 Å². The van der Waals surface area contributed by atoms with Gasteiger partial charge in [-0.3, -0.25) is 0 Å². The van der Waals surface area contributed by atoms with Crippen LogP contribution in [0.4, 0.5) is 10.8 Å². The molecule has 0 unspecified atom stereocenters. The normalized spacial score (nSPS) is 11.4. The lowest BCUT2D eigenvalue weighted by molar-refractivity contribution is 0.0632. The summed E-state index contributed by atoms with van der Waals surface area (Å²) in [6.45, 7) is 5.30. The van der Waals surface area contributed by atoms with E-state index < -0.39 is 11.7 Å². The Morgan fingerprint density at radius 2 is 2.21 bits per heavy atom. The van der Waals surface area contributed by atoms with Gasteiger partial charge in [-0.2, -0.15) is 4.98 Å². The Bertz CT molecular complexity index is 603. The summed E-state index contributed by atoms with van der Waals surface area (Å²) >= 11 is 0. The number of oxazole rings is 1. The molecule has 0 atom stereocenters. The van der Waals surface area contributed by atoms with E-state index in [0.29, 0.717) is 16.6 Å². The number of hydrogen-bond acceptors (Lipinski definition) is 5. The maximum atomic E-state index is 11.5. The number of carbonyl (C=O) groups is 1. The predicted octanol–water partition coefficient (Wildman–Crippen LogP) is 1.41. The van der Waals surface area contributed by atoms with E-state index in [9.17, 15) is 4.79 Å². The molecule has 6 nitrogen and oxygen atoms in total. The maximum absolute atomic E-state index is 11.5. The Kier molecular flexibility index (Phi) is 3.48. The molecule has 0 aliphatic carbocycles. The highest BCUT2D eigenvalue weighted by Gasteiger charge is 2.18. The van der Waals surface area contributed by atoms with Crippen LogP contribution >= 0.6 is 0 Å². The Labute approximate surface area is 111 Å². The van der Waals surface area contributed by atoms with Crippen LogP contribution in [0.1, 0.15) is 20.8 Å². The van der Waals surface area contributed by atoms with E-state index in [-0.39, 0.29) is 6.01 Å². The summed E-state index contributed by atoms with van der Waals surface area (Å²) in [5.41, 5.74) is 1.06. The summed E-state index contributed by atoms with van der Waals surface area (Å²) in [6.07, 6.45) is -0.631. The van der Waals surface area contributed by atoms with Crippen LogP contribution in [0, 0.1) is 0 Å². The second-order valence-corrected chi connectivity index (χ2v) is 5.00. The highest BCUT2D eigenvalue weighted by molar-refractivity contribution is 6.45. The molecule has 1 radical (unpaired) electrons. The Hall–Kier alpha value is -2.02. The average Bonchev–Trinajstić information content (AvgIpc) is 2.66. The second kappa shape index (κ2) is 4.93. The van der Waals surface area contributed by atoms with Gasteiger partial charge in [0, 0.05) is 0 Å². The zero-order valence-electron chi connectivity index (χ0n) is 10.9. The molecular formula is C12H14BN2O4. The smallest absolute Gasteiger partial charge is 0.415 e. The fraction of sp³-hybridized carbons (Fsp3) is 0.333. The van der Waals surface area contributed by atoms with Crippen molar-refractivity contribution in [3.63, 3.8) is 0 Å². The van der Waals surface area contributed by atoms with Gasteiger partial charge < -0.3 is 14.2 Å². The number of ether oxygens (including phenoxy) is 1. The first-order chi connectivity index (χ1) is 8.87. The minimum absolute atomic E-state index is 0.0549. The van der Waals surface area contributed by atoms with Gasteiger partial charge in [0.25, 0.3) is 0 Å². The molecule has 1 heterocycles. The molecule has 0 saturated carbocycles. The van der Waals surface area contributed by atoms with Crippen molar-refractivity contribution < 1.29 is 19.0 Å². The number of fused-ring (bicyclic) bond motifs is 1. The third kappa shape index (κ3) is 3.48. The zero-order chi connectivity index (χ0) is 14.0. The van der Waals surface area contributed by atoms with E-state index in [0.717, 1.165) is 7.48 Å². The van der Waals surface area contributed by atoms with Gasteiger partial charge in [0.1, 0.15) is 11.1 Å². The van der Waals surface area contributed by atoms with Crippen LogP contribution in [0.25, 0.3) is 11.1 Å². The molecule has 0 saturated heterocycles. The van der Waals surface area contributed by atoms with Gasteiger partial charge in [0.05, 0.1) is 0 Å². The Morgan fingerprint density at radius 1 is 1.47 bits per heavy atom. The summed E-state index contributed by atoms with van der Waals surface area (Å²) in [6, 6.07) is 5.02. The van der Waals surface area contributed by atoms with E-state index in [2.05, 4.69) is 10.3 Å². The summed E-state index contributed by atoms with van der Waals surface area (Å²) in [7, 11) is 0.967. The first kappa shape index (κ1) is 13.4. The lowest BCUT2D eigenvalue weighted by atomic mass is 9.89. The fourth-order valence-electron chi connectivity index (χ4n) is 1.47. The van der Waals surface area contributed by atoms with Crippen LogP contribution in [-0.4, -0.2) is 29.2 Å². The number of aromatic nitrogens is 1. The highest BCUT2D eigenvalue weighted by atomic mass is 16.6. The summed E-state index contributed by atoms with van der Waals surface area (Å²) < 4.78 is 10.4. The average molecular weight is 261 g/mol. The van der Waals surface area contributed by atoms with Crippen molar-refractivity contribution in [1.82, 2.24) is 4.98 Å². The number of nitrogens with zero attached hydrogens (tertiary/aromatic N) is 1. The molecular weight excluding hydrogens is 247 g/mol. The largest absolute Gasteiger partial charge is 0.450 e. The van der Waals surface area contributed by atoms with Crippen LogP contribution in [-0.2, 0) is 4.74 Å². The van der Waals surface area contributed by atoms with Crippen molar-refractivity contribution in [2.24, 2.45) is 0 Å². The predicted molar refractivity (Wildman–Crippen MR) is 71.5 cm³/mol. The maximum Gasteiger partial charge on any atom is 0.415 e. The van der Waals surface area contributed by atoms with Crippen LogP contribution in [0.5, 0.6) is 0 Å². The van der Waals surface area contributed by atoms with E-state index in [1.807, 2.05) is 0 Å². The fourth-order valence-corrected chi connectivity index (χ4v) is 1.47.